The average Bonchev–Trinajstić information content (AvgIpc) is 3.29. The van der Waals surface area contributed by atoms with Gasteiger partial charge in [0.1, 0.15) is 6.10 Å². The van der Waals surface area contributed by atoms with E-state index in [2.05, 4.69) is 17.3 Å². The molecule has 1 saturated carbocycles. The summed E-state index contributed by atoms with van der Waals surface area (Å²) in [5.74, 6) is -0.634. The highest BCUT2D eigenvalue weighted by Gasteiger charge is 2.51. The fourth-order valence-electron chi connectivity index (χ4n) is 4.02. The minimum absolute atomic E-state index is 0.0895. The number of rotatable bonds is 3. The zero-order valence-electron chi connectivity index (χ0n) is 14.3. The minimum atomic E-state index is -0.431. The smallest absolute Gasteiger partial charge is 0.338 e. The second kappa shape index (κ2) is 5.99. The lowest BCUT2D eigenvalue weighted by molar-refractivity contribution is 0.00908. The Kier molecular flexibility index (Phi) is 3.79. The van der Waals surface area contributed by atoms with Gasteiger partial charge in [0.2, 0.25) is 0 Å². The number of nitrogens with zero attached hydrogens (tertiary/aromatic N) is 2. The van der Waals surface area contributed by atoms with Crippen molar-refractivity contribution >= 4 is 11.9 Å². The molecule has 2 bridgehead atoms. The third kappa shape index (κ3) is 2.69. The number of esters is 1. The minimum Gasteiger partial charge on any atom is -0.457 e. The molecule has 1 aromatic heterocycles. The Hall–Kier alpha value is -2.69. The van der Waals surface area contributed by atoms with Gasteiger partial charge >= 0.3 is 5.97 Å². The predicted octanol–water partition coefficient (Wildman–Crippen LogP) is 3.19. The summed E-state index contributed by atoms with van der Waals surface area (Å²) in [5.41, 5.74) is 2.12. The summed E-state index contributed by atoms with van der Waals surface area (Å²) in [4.78, 5) is 25.5. The molecule has 1 aromatic carbocycles. The maximum atomic E-state index is 13.1. The Labute approximate surface area is 146 Å². The molecule has 5 heteroatoms. The van der Waals surface area contributed by atoms with E-state index in [1.54, 1.807) is 24.3 Å². The first-order chi connectivity index (χ1) is 12.0. The van der Waals surface area contributed by atoms with Crippen molar-refractivity contribution in [2.75, 3.05) is 0 Å². The van der Waals surface area contributed by atoms with Gasteiger partial charge in [-0.2, -0.15) is 5.10 Å². The van der Waals surface area contributed by atoms with Gasteiger partial charge in [0.25, 0.3) is 5.91 Å². The third-order valence-corrected chi connectivity index (χ3v) is 5.14. The van der Waals surface area contributed by atoms with Crippen molar-refractivity contribution in [2.45, 2.75) is 26.4 Å². The van der Waals surface area contributed by atoms with Gasteiger partial charge in [-0.3, -0.25) is 4.79 Å². The Balaban J connectivity index is 1.60. The number of benzene rings is 1. The Bertz CT molecular complexity index is 853. The van der Waals surface area contributed by atoms with E-state index in [9.17, 15) is 9.59 Å². The monoisotopic (exact) mass is 336 g/mol. The van der Waals surface area contributed by atoms with Crippen LogP contribution in [0.3, 0.4) is 0 Å². The lowest BCUT2D eigenvalue weighted by atomic mass is 9.90. The number of carbonyl (C=O) groups excluding carboxylic acids is 2. The fourth-order valence-corrected chi connectivity index (χ4v) is 4.02. The van der Waals surface area contributed by atoms with Crippen molar-refractivity contribution in [1.82, 2.24) is 9.78 Å². The zero-order valence-corrected chi connectivity index (χ0v) is 14.3. The van der Waals surface area contributed by atoms with E-state index >= 15 is 0 Å². The Morgan fingerprint density at radius 3 is 2.52 bits per heavy atom. The Morgan fingerprint density at radius 2 is 1.84 bits per heavy atom. The van der Waals surface area contributed by atoms with Crippen molar-refractivity contribution in [1.29, 1.82) is 0 Å². The largest absolute Gasteiger partial charge is 0.457 e. The molecule has 0 unspecified atom stereocenters. The average molecular weight is 336 g/mol. The molecule has 2 aromatic rings. The molecule has 0 saturated heterocycles. The van der Waals surface area contributed by atoms with Crippen LogP contribution in [0.1, 0.15) is 33.0 Å². The molecule has 0 spiro atoms. The van der Waals surface area contributed by atoms with Crippen molar-refractivity contribution < 1.29 is 14.3 Å². The number of aryl methyl sites for hydroxylation is 2. The first-order valence-electron chi connectivity index (χ1n) is 8.56. The molecule has 25 heavy (non-hydrogen) atoms. The van der Waals surface area contributed by atoms with Crippen LogP contribution in [0, 0.1) is 31.6 Å². The molecule has 128 valence electrons. The molecular weight excluding hydrogens is 316 g/mol. The number of aromatic nitrogens is 2. The molecule has 1 fully saturated rings. The van der Waals surface area contributed by atoms with Crippen molar-refractivity contribution in [2.24, 2.45) is 17.8 Å². The van der Waals surface area contributed by atoms with Gasteiger partial charge in [0, 0.05) is 11.6 Å². The van der Waals surface area contributed by atoms with E-state index in [0.29, 0.717) is 5.56 Å². The molecule has 5 nitrogen and oxygen atoms in total. The number of carbonyl (C=O) groups is 2. The third-order valence-electron chi connectivity index (χ3n) is 5.14. The molecular formula is C20H20N2O3. The summed E-state index contributed by atoms with van der Waals surface area (Å²) in [5, 5.41) is 4.31. The van der Waals surface area contributed by atoms with Crippen molar-refractivity contribution in [3.8, 4) is 0 Å². The molecule has 0 aliphatic heterocycles. The first-order valence-corrected chi connectivity index (χ1v) is 8.56. The second-order valence-electron chi connectivity index (χ2n) is 6.89. The van der Waals surface area contributed by atoms with E-state index < -0.39 is 6.10 Å². The van der Waals surface area contributed by atoms with Gasteiger partial charge in [-0.1, -0.05) is 30.4 Å². The van der Waals surface area contributed by atoms with Crippen LogP contribution in [0.4, 0.5) is 0 Å². The first kappa shape index (κ1) is 15.8. The lowest BCUT2D eigenvalue weighted by Gasteiger charge is -2.27. The summed E-state index contributed by atoms with van der Waals surface area (Å²) in [6.07, 6.45) is 4.56. The van der Waals surface area contributed by atoms with Crippen LogP contribution in [0.5, 0.6) is 0 Å². The van der Waals surface area contributed by atoms with E-state index in [0.717, 1.165) is 17.8 Å². The van der Waals surface area contributed by atoms with E-state index in [1.165, 1.54) is 4.68 Å². The summed E-state index contributed by atoms with van der Waals surface area (Å²) >= 11 is 0. The SMILES string of the molecule is Cc1cc(C)n(C(=O)[C@H]2[C@H](OC(=O)c3ccccc3)[C@H]3C=C[C@@H]2C3)n1. The van der Waals surface area contributed by atoms with Gasteiger partial charge < -0.3 is 4.74 Å². The topological polar surface area (TPSA) is 61.2 Å². The van der Waals surface area contributed by atoms with Gasteiger partial charge in [0.15, 0.2) is 0 Å². The molecule has 2 aliphatic rings. The van der Waals surface area contributed by atoms with Crippen LogP contribution in [0.2, 0.25) is 0 Å². The number of allylic oxidation sites excluding steroid dienone is 1. The molecule has 0 N–H and O–H groups in total. The highest BCUT2D eigenvalue weighted by Crippen LogP contribution is 2.46. The number of ether oxygens (including phenoxy) is 1. The molecule has 1 heterocycles. The quantitative estimate of drug-likeness (QED) is 0.638. The van der Waals surface area contributed by atoms with Crippen molar-refractivity contribution in [3.63, 3.8) is 0 Å². The maximum absolute atomic E-state index is 13.1. The number of hydrogen-bond donors (Lipinski definition) is 0. The maximum Gasteiger partial charge on any atom is 0.338 e. The summed E-state index contributed by atoms with van der Waals surface area (Å²) in [6, 6.07) is 10.8. The molecule has 2 aliphatic carbocycles. The summed E-state index contributed by atoms with van der Waals surface area (Å²) < 4.78 is 7.24. The molecule has 0 radical (unpaired) electrons. The fraction of sp³-hybridized carbons (Fsp3) is 0.350. The van der Waals surface area contributed by atoms with E-state index in [-0.39, 0.29) is 29.6 Å². The van der Waals surface area contributed by atoms with Crippen molar-refractivity contribution in [3.05, 3.63) is 65.5 Å². The molecule has 0 amide bonds. The number of hydrogen-bond acceptors (Lipinski definition) is 4. The predicted molar refractivity (Wildman–Crippen MR) is 92.2 cm³/mol. The van der Waals surface area contributed by atoms with Crippen LogP contribution in [-0.2, 0) is 4.74 Å². The zero-order chi connectivity index (χ0) is 17.6. The molecule has 4 atom stereocenters. The lowest BCUT2D eigenvalue weighted by Crippen LogP contribution is -2.39. The van der Waals surface area contributed by atoms with E-state index in [1.807, 2.05) is 26.0 Å². The summed E-state index contributed by atoms with van der Waals surface area (Å²) in [6.45, 7) is 3.73. The van der Waals surface area contributed by atoms with Crippen LogP contribution in [-0.4, -0.2) is 27.8 Å². The number of fused-ring (bicyclic) bond motifs is 2. The van der Waals surface area contributed by atoms with Gasteiger partial charge in [-0.25, -0.2) is 9.48 Å². The normalized spacial score (nSPS) is 26.8. The molecule has 4 rings (SSSR count). The van der Waals surface area contributed by atoms with Gasteiger partial charge in [-0.05, 0) is 44.4 Å². The second-order valence-corrected chi connectivity index (χ2v) is 6.89. The van der Waals surface area contributed by atoms with Gasteiger partial charge in [0.05, 0.1) is 17.2 Å². The van der Waals surface area contributed by atoms with Crippen LogP contribution in [0.25, 0.3) is 0 Å². The van der Waals surface area contributed by atoms with Crippen LogP contribution in [0.15, 0.2) is 48.6 Å². The highest BCUT2D eigenvalue weighted by molar-refractivity contribution is 5.90. The van der Waals surface area contributed by atoms with Crippen LogP contribution >= 0.6 is 0 Å². The van der Waals surface area contributed by atoms with Crippen LogP contribution < -0.4 is 0 Å². The standard InChI is InChI=1S/C20H20N2O3/c1-12-10-13(2)22(21-12)19(23)17-15-8-9-16(11-15)18(17)25-20(24)14-6-4-3-5-7-14/h3-10,15-18H,11H2,1-2H3/t15-,16+,17-,18-/m1/s1. The summed E-state index contributed by atoms with van der Waals surface area (Å²) in [7, 11) is 0. The van der Waals surface area contributed by atoms with E-state index in [4.69, 9.17) is 4.74 Å². The Morgan fingerprint density at radius 1 is 1.12 bits per heavy atom. The van der Waals surface area contributed by atoms with Gasteiger partial charge in [-0.15, -0.1) is 0 Å². The highest BCUT2D eigenvalue weighted by atomic mass is 16.5.